The summed E-state index contributed by atoms with van der Waals surface area (Å²) < 4.78 is 259. The second-order valence-electron chi connectivity index (χ2n) is 25.4. The van der Waals surface area contributed by atoms with Crippen molar-refractivity contribution in [1.29, 1.82) is 0 Å². The Bertz CT molecular complexity index is 5300. The average Bonchev–Trinajstić information content (AvgIpc) is 1.67. The van der Waals surface area contributed by atoms with Gasteiger partial charge in [0.2, 0.25) is 11.8 Å². The quantitative estimate of drug-likeness (QED) is 0.0256. The molecular formula is C75H88F16KN17O9S2. The number of aromatic amines is 1. The normalized spacial score (nSPS) is 10.6. The number of pyridine rings is 8. The van der Waals surface area contributed by atoms with Crippen molar-refractivity contribution < 1.29 is 168 Å². The number of benzene rings is 2. The van der Waals surface area contributed by atoms with Crippen LogP contribution in [0.2, 0.25) is 0 Å². The minimum Gasteiger partial charge on any atom is -1.00 e. The summed E-state index contributed by atoms with van der Waals surface area (Å²) in [6.07, 6.45) is 0.519. The molecule has 9 aromatic heterocycles. The van der Waals surface area contributed by atoms with Crippen LogP contribution in [0.5, 0.6) is 0 Å². The molecule has 0 aliphatic rings. The molecule has 14 N–H and O–H groups in total. The third-order valence-corrected chi connectivity index (χ3v) is 16.2. The number of H-pyrrole nitrogens is 1. The Morgan fingerprint density at radius 2 is 0.950 bits per heavy atom. The van der Waals surface area contributed by atoms with E-state index in [-0.39, 0.29) is 161 Å². The molecule has 0 atom stereocenters. The first kappa shape index (κ1) is 114. The van der Waals surface area contributed by atoms with Gasteiger partial charge in [-0.05, 0) is 88.1 Å². The van der Waals surface area contributed by atoms with Gasteiger partial charge in [0.1, 0.15) is 56.1 Å². The van der Waals surface area contributed by atoms with E-state index in [1.165, 1.54) is 36.7 Å². The van der Waals surface area contributed by atoms with Crippen LogP contribution in [0.1, 0.15) is 120 Å². The fourth-order valence-corrected chi connectivity index (χ4v) is 10.5. The molecule has 0 radical (unpaired) electrons. The second-order valence-corrected chi connectivity index (χ2v) is 28.2. The van der Waals surface area contributed by atoms with Gasteiger partial charge in [-0.15, -0.1) is 5.10 Å². The van der Waals surface area contributed by atoms with E-state index in [4.69, 9.17) is 23.1 Å². The maximum absolute atomic E-state index is 13.1. The number of carbonyl (C=O) groups is 3. The van der Waals surface area contributed by atoms with E-state index in [1.54, 1.807) is 93.5 Å². The van der Waals surface area contributed by atoms with Gasteiger partial charge in [-0.2, -0.15) is 49.3 Å². The summed E-state index contributed by atoms with van der Waals surface area (Å²) >= 11 is 0. The smallest absolute Gasteiger partial charge is 1.00 e. The maximum Gasteiger partial charge on any atom is 1.00 e. The van der Waals surface area contributed by atoms with Gasteiger partial charge in [-0.3, -0.25) is 30.1 Å². The standard InChI is InChI=1S/C12H5F5N4.C10H12F2N2O.C10H13FN2O.C9H13NO3S.C9H12O3S.C7H4F3NO.2C5H4F2N2.C5H5FN2.3CH4.K.H3N.H/c13-8-3-10-19-11(20-21(10)5-9(8)14)6-4-18-2-1-7(6)12(15,16)17;1-10(2,3)9(15)14-8-4-6(11)7(12)5-13-8;1-10(2,3)9(14)13-8-6-7(11)4-5-12-8;1-6-4-7(2)9(8(3)5-6)14(11,12)13-10;1-6-4-7(2)9(8(3)5-6)13(10,11)12;8-7(9,10)6-1-2-11-3-5(6)4-12;2*6-3-1-5(8)9-2-4(3)7;6-4-1-2-8-5(7)3-4;;;;;;/h1-5H;4-5H,1-3H3,(H,13,14,15);4-6H,1-3H3,(H,12,13,14);4-5H,10H2,1-3H3;4-5H,1-3H3,(H,10,11,12);1-4H;2*1-2H,(H2,8,9);1-3H,(H2,7,8);3*1H4;;1H3;/q;;;;;;;;;;;;+1;;-1. The molecule has 0 spiro atoms. The van der Waals surface area contributed by atoms with Gasteiger partial charge in [0.25, 0.3) is 5.82 Å². The van der Waals surface area contributed by atoms with Crippen molar-refractivity contribution in [3.63, 3.8) is 0 Å². The molecule has 11 rings (SSSR count). The Morgan fingerprint density at radius 1 is 0.525 bits per heavy atom. The van der Waals surface area contributed by atoms with Crippen molar-refractivity contribution in [3.05, 3.63) is 255 Å². The Morgan fingerprint density at radius 3 is 1.34 bits per heavy atom. The number of nitrogens with two attached hydrogens (primary N) is 4. The second kappa shape index (κ2) is 49.8. The van der Waals surface area contributed by atoms with Crippen LogP contribution >= 0.6 is 0 Å². The average molecular weight is 1780 g/mol. The van der Waals surface area contributed by atoms with Gasteiger partial charge in [-0.1, -0.05) is 99.2 Å². The summed E-state index contributed by atoms with van der Waals surface area (Å²) in [6.45, 7) is 20.9. The molecule has 0 unspecified atom stereocenters. The number of alkyl halides is 6. The number of nitrogens with zero attached hydrogens (tertiary/aromatic N) is 9. The van der Waals surface area contributed by atoms with Gasteiger partial charge in [-0.25, -0.2) is 82.4 Å². The molecule has 2 amide bonds. The number of amides is 2. The van der Waals surface area contributed by atoms with Crippen molar-refractivity contribution in [1.82, 2.24) is 50.7 Å². The van der Waals surface area contributed by atoms with Crippen molar-refractivity contribution in [2.45, 2.75) is 128 Å². The molecule has 120 heavy (non-hydrogen) atoms. The van der Waals surface area contributed by atoms with E-state index >= 15 is 0 Å². The summed E-state index contributed by atoms with van der Waals surface area (Å²) in [5.74, 6) is -4.53. The molecule has 45 heteroatoms. The first-order valence-electron chi connectivity index (χ1n) is 32.1. The fourth-order valence-electron chi connectivity index (χ4n) is 8.62. The minimum absolute atomic E-state index is 0. The first-order valence-corrected chi connectivity index (χ1v) is 34.9. The number of aryl methyl sites for hydroxylation is 6. The van der Waals surface area contributed by atoms with Gasteiger partial charge in [0.05, 0.1) is 46.2 Å². The molecular weight excluding hydrogens is 1690 g/mol. The van der Waals surface area contributed by atoms with Crippen LogP contribution in [0.15, 0.2) is 157 Å². The van der Waals surface area contributed by atoms with Crippen LogP contribution in [0.25, 0.3) is 17.0 Å². The van der Waals surface area contributed by atoms with Crippen LogP contribution < -0.4 is 96.3 Å². The van der Waals surface area contributed by atoms with Crippen molar-refractivity contribution in [3.8, 4) is 11.4 Å². The number of hydrogen-bond donors (Lipinski definition) is 7. The zero-order valence-electron chi connectivity index (χ0n) is 65.0. The van der Waals surface area contributed by atoms with E-state index in [0.717, 1.165) is 95.4 Å². The van der Waals surface area contributed by atoms with Crippen LogP contribution in [0.4, 0.5) is 99.3 Å². The monoisotopic (exact) mass is 1780 g/mol. The Kier molecular flexibility index (Phi) is 47.1. The third-order valence-electron chi connectivity index (χ3n) is 13.7. The molecule has 9 heterocycles. The number of anilines is 5. The number of nitrogens with one attached hydrogen (secondary N) is 3. The minimum atomic E-state index is -4.62. The van der Waals surface area contributed by atoms with E-state index in [1.807, 2.05) is 13.8 Å². The van der Waals surface area contributed by atoms with Crippen LogP contribution in [-0.4, -0.2) is 84.0 Å². The van der Waals surface area contributed by atoms with Crippen LogP contribution in [-0.2, 0) is 46.5 Å². The maximum atomic E-state index is 13.1. The predicted molar refractivity (Wildman–Crippen MR) is 413 cm³/mol. The van der Waals surface area contributed by atoms with Gasteiger partial charge < -0.3 is 34.2 Å². The SMILES string of the molecule is C.C.C.CC(C)(C)C(=O)Nc1cc(F)c(F)cn1.CC(C)(C)C(=O)Nc1cc(F)ccn1.Cc1cc(C)c(S(=O)(=O)ON)c(C)c1.Cc1cc(C)c(S(=O)(=O)[O-])c(C)c1.Fc1cc2nc(-c3cnccc3C(F)(F)F)nn2cc1F.N.Nc1cc(F)c(F)c[nH+]1.Nc1cc(F)c(F)cn1.Nc1cc(F)ccn1.O=Cc1cnccc1C(F)(F)F.[H-].[K+]. The van der Waals surface area contributed by atoms with Gasteiger partial charge >= 0.3 is 73.9 Å². The summed E-state index contributed by atoms with van der Waals surface area (Å²) in [4.78, 5) is 60.5. The van der Waals surface area contributed by atoms with Crippen LogP contribution in [0, 0.1) is 111 Å². The first-order chi connectivity index (χ1) is 53.0. The zero-order valence-corrected chi connectivity index (χ0v) is 68.8. The largest absolute Gasteiger partial charge is 1.00 e. The molecule has 0 fully saturated rings. The molecule has 652 valence electrons. The zero-order chi connectivity index (χ0) is 87.6. The molecule has 2 aromatic carbocycles. The number of fused-ring (bicyclic) bond motifs is 1. The van der Waals surface area contributed by atoms with Gasteiger partial charge in [0, 0.05) is 83.9 Å². The molecule has 11 aromatic rings. The van der Waals surface area contributed by atoms with Crippen molar-refractivity contribution in [2.24, 2.45) is 16.7 Å². The number of halogens is 16. The summed E-state index contributed by atoms with van der Waals surface area (Å²) in [5.41, 5.74) is 15.5. The van der Waals surface area contributed by atoms with E-state index in [2.05, 4.69) is 59.9 Å². The summed E-state index contributed by atoms with van der Waals surface area (Å²) in [5, 5.41) is 8.64. The van der Waals surface area contributed by atoms with E-state index in [0.29, 0.717) is 28.5 Å². The van der Waals surface area contributed by atoms with E-state index < -0.39 is 112 Å². The van der Waals surface area contributed by atoms with Crippen molar-refractivity contribution in [2.75, 3.05) is 27.8 Å². The summed E-state index contributed by atoms with van der Waals surface area (Å²) in [7, 11) is -8.13. The Hall–Kier alpha value is -10.6. The number of aldehydes is 1. The predicted octanol–water partition coefficient (Wildman–Crippen LogP) is 13.6. The number of nitrogen functional groups attached to an aromatic ring is 3. The molecule has 26 nitrogen and oxygen atoms in total. The third kappa shape index (κ3) is 37.8. The van der Waals surface area contributed by atoms with Crippen LogP contribution in [0.3, 0.4) is 0 Å². The molecule has 0 aliphatic carbocycles. The van der Waals surface area contributed by atoms with E-state index in [9.17, 15) is 106 Å². The fraction of sp³-hybridized carbons (Fsp3) is 0.253. The number of rotatable bonds is 7. The molecule has 0 aliphatic heterocycles. The Balaban J connectivity index is -0.000000641. The molecule has 0 saturated carbocycles. The molecule has 0 bridgehead atoms. The number of aromatic nitrogens is 10. The Labute approximate surface area is 725 Å². The number of carbonyl (C=O) groups excluding carboxylic acids is 3. The summed E-state index contributed by atoms with van der Waals surface area (Å²) in [6, 6.07) is 16.6. The number of hydrogen-bond acceptors (Lipinski definition) is 22. The topological polar surface area (TPSA) is 437 Å². The van der Waals surface area contributed by atoms with Gasteiger partial charge in [0.15, 0.2) is 64.3 Å². The molecule has 0 saturated heterocycles. The van der Waals surface area contributed by atoms with Crippen molar-refractivity contribution >= 4 is 73.1 Å².